The molecule has 1 aromatic heterocycles. The van der Waals surface area contributed by atoms with Crippen LogP contribution >= 0.6 is 0 Å². The molecule has 1 atom stereocenters. The normalized spacial score (nSPS) is 13.3. The third-order valence-electron chi connectivity index (χ3n) is 8.83. The van der Waals surface area contributed by atoms with Gasteiger partial charge in [-0.2, -0.15) is 4.72 Å². The number of rotatable bonds is 17. The fourth-order valence-electron chi connectivity index (χ4n) is 6.21. The van der Waals surface area contributed by atoms with Crippen LogP contribution in [0.5, 0.6) is 5.75 Å². The van der Waals surface area contributed by atoms with Gasteiger partial charge in [-0.3, -0.25) is 19.3 Å². The zero-order valence-corrected chi connectivity index (χ0v) is 33.8. The van der Waals surface area contributed by atoms with Gasteiger partial charge in [-0.25, -0.2) is 18.2 Å². The van der Waals surface area contributed by atoms with Crippen molar-refractivity contribution in [1.29, 1.82) is 0 Å². The Hall–Kier alpha value is -5.06. The number of aryl methyl sites for hydroxylation is 5. The third kappa shape index (κ3) is 12.5. The highest BCUT2D eigenvalue weighted by Gasteiger charge is 2.30. The molecule has 4 rings (SSSR count). The summed E-state index contributed by atoms with van der Waals surface area (Å²) in [6.45, 7) is 9.89. The van der Waals surface area contributed by atoms with E-state index in [9.17, 15) is 27.6 Å². The van der Waals surface area contributed by atoms with Crippen LogP contribution in [0.1, 0.15) is 78.3 Å². The molecule has 15 nitrogen and oxygen atoms in total. The van der Waals surface area contributed by atoms with Gasteiger partial charge in [-0.1, -0.05) is 18.2 Å². The van der Waals surface area contributed by atoms with Gasteiger partial charge in [0, 0.05) is 43.9 Å². The van der Waals surface area contributed by atoms with Gasteiger partial charge in [-0.05, 0) is 119 Å². The number of amides is 3. The Bertz CT molecular complexity index is 1960. The summed E-state index contributed by atoms with van der Waals surface area (Å²) in [6.07, 6.45) is 3.21. The van der Waals surface area contributed by atoms with Crippen LogP contribution in [0.2, 0.25) is 0 Å². The van der Waals surface area contributed by atoms with Crippen molar-refractivity contribution in [3.05, 3.63) is 82.0 Å². The highest BCUT2D eigenvalue weighted by molar-refractivity contribution is 7.89. The number of fused-ring (bicyclic) bond motifs is 1. The number of hydrogen-bond acceptors (Lipinski definition) is 11. The Labute approximate surface area is 329 Å². The molecule has 56 heavy (non-hydrogen) atoms. The van der Waals surface area contributed by atoms with Gasteiger partial charge in [0.05, 0.1) is 18.6 Å². The van der Waals surface area contributed by atoms with E-state index in [1.807, 2.05) is 45.0 Å². The number of aromatic nitrogens is 1. The van der Waals surface area contributed by atoms with Crippen molar-refractivity contribution in [2.75, 3.05) is 44.8 Å². The first-order valence-electron chi connectivity index (χ1n) is 18.7. The molecule has 0 aliphatic carbocycles. The molecule has 2 aromatic carbocycles. The van der Waals surface area contributed by atoms with Crippen LogP contribution in [0.3, 0.4) is 0 Å². The molecule has 3 aromatic rings. The summed E-state index contributed by atoms with van der Waals surface area (Å²) in [5, 5.41) is 5.32. The third-order valence-corrected chi connectivity index (χ3v) is 10.6. The minimum atomic E-state index is -4.26. The van der Waals surface area contributed by atoms with Gasteiger partial charge in [0.25, 0.3) is 5.91 Å². The molecule has 1 unspecified atom stereocenters. The summed E-state index contributed by atoms with van der Waals surface area (Å²) in [6, 6.07) is 12.6. The maximum atomic E-state index is 13.6. The molecule has 304 valence electrons. The Balaban J connectivity index is 1.33. The maximum Gasteiger partial charge on any atom is 0.416 e. The number of hydrogen-bond donors (Lipinski definition) is 4. The average Bonchev–Trinajstić information content (AvgIpc) is 3.14. The van der Waals surface area contributed by atoms with Gasteiger partial charge in [-0.15, -0.1) is 0 Å². The van der Waals surface area contributed by atoms with E-state index in [0.29, 0.717) is 67.2 Å². The molecule has 5 N–H and O–H groups in total. The lowest BCUT2D eigenvalue weighted by atomic mass is 10.0. The number of carbonyl (C=O) groups excluding carboxylic acids is 4. The van der Waals surface area contributed by atoms with E-state index in [-0.39, 0.29) is 30.4 Å². The first-order chi connectivity index (χ1) is 26.5. The number of esters is 1. The van der Waals surface area contributed by atoms with E-state index in [2.05, 4.69) is 15.4 Å². The molecule has 0 spiro atoms. The topological polar surface area (TPSA) is 208 Å². The van der Waals surface area contributed by atoms with E-state index in [4.69, 9.17) is 24.9 Å². The zero-order chi connectivity index (χ0) is 41.0. The van der Waals surface area contributed by atoms with Crippen molar-refractivity contribution >= 4 is 39.7 Å². The van der Waals surface area contributed by atoms with E-state index in [1.54, 1.807) is 43.0 Å². The largest absolute Gasteiger partial charge is 0.494 e. The lowest BCUT2D eigenvalue weighted by Gasteiger charge is -2.31. The van der Waals surface area contributed by atoms with Gasteiger partial charge < -0.3 is 30.6 Å². The molecular formula is C40H54N6O9S. The summed E-state index contributed by atoms with van der Waals surface area (Å²) in [5.74, 6) is -0.443. The molecule has 3 amide bonds. The Kier molecular flexibility index (Phi) is 15.4. The first-order valence-corrected chi connectivity index (χ1v) is 20.2. The number of nitrogens with one attached hydrogen (secondary N) is 3. The van der Waals surface area contributed by atoms with Gasteiger partial charge in [0.1, 0.15) is 23.2 Å². The number of methoxy groups -OCH3 is 1. The van der Waals surface area contributed by atoms with Crippen LogP contribution in [0.25, 0.3) is 0 Å². The maximum absolute atomic E-state index is 13.6. The molecule has 16 heteroatoms. The monoisotopic (exact) mass is 794 g/mol. The molecule has 0 saturated heterocycles. The van der Waals surface area contributed by atoms with Crippen LogP contribution in [0.15, 0.2) is 53.4 Å². The second-order valence-corrected chi connectivity index (χ2v) is 16.3. The summed E-state index contributed by atoms with van der Waals surface area (Å²) >= 11 is 0. The highest BCUT2D eigenvalue weighted by atomic mass is 32.2. The molecule has 0 radical (unpaired) electrons. The highest BCUT2D eigenvalue weighted by Crippen LogP contribution is 2.28. The van der Waals surface area contributed by atoms with E-state index in [1.165, 1.54) is 0 Å². The van der Waals surface area contributed by atoms with E-state index in [0.717, 1.165) is 36.8 Å². The fourth-order valence-corrected chi connectivity index (χ4v) is 7.84. The van der Waals surface area contributed by atoms with Crippen molar-refractivity contribution in [1.82, 2.24) is 20.3 Å². The molecule has 0 saturated carbocycles. The van der Waals surface area contributed by atoms with Crippen molar-refractivity contribution in [2.45, 2.75) is 89.7 Å². The van der Waals surface area contributed by atoms with Crippen LogP contribution in [0.4, 0.5) is 10.6 Å². The molecule has 0 bridgehead atoms. The molecule has 0 fully saturated rings. The molecule has 1 aliphatic heterocycles. The number of carbonyl (C=O) groups is 4. The average molecular weight is 795 g/mol. The number of pyridine rings is 1. The van der Waals surface area contributed by atoms with Gasteiger partial charge >= 0.3 is 12.1 Å². The fraction of sp³-hybridized carbons (Fsp3) is 0.475. The van der Waals surface area contributed by atoms with Crippen molar-refractivity contribution in [2.24, 2.45) is 5.73 Å². The lowest BCUT2D eigenvalue weighted by molar-refractivity contribution is -0.142. The van der Waals surface area contributed by atoms with Crippen LogP contribution in [0, 0.1) is 13.8 Å². The second-order valence-electron chi connectivity index (χ2n) is 14.6. The summed E-state index contributed by atoms with van der Waals surface area (Å²) < 4.78 is 45.7. The smallest absolute Gasteiger partial charge is 0.416 e. The number of anilines is 1. The minimum absolute atomic E-state index is 0.0345. The predicted molar refractivity (Wildman–Crippen MR) is 211 cm³/mol. The second kappa shape index (κ2) is 19.7. The van der Waals surface area contributed by atoms with Gasteiger partial charge in [0.2, 0.25) is 15.9 Å². The van der Waals surface area contributed by atoms with Crippen LogP contribution in [-0.2, 0) is 48.3 Å². The van der Waals surface area contributed by atoms with E-state index < -0.39 is 39.6 Å². The van der Waals surface area contributed by atoms with E-state index >= 15 is 0 Å². The van der Waals surface area contributed by atoms with Crippen LogP contribution < -0.4 is 30.7 Å². The SMILES string of the molecule is COC(=O)C(CNC(=O)c1ccc(CCc2ccc3c(n2)N(C(=O)OC(C)(C)C)CCC3)cc1)NS(=O)(=O)c1c(C)cc(OCCCC(=O)NCCN)cc1C. The standard InChI is InChI=1S/C40H54N6O9S/c1-26-23-32(54-22-8-10-34(47)42-20-19-41)24-27(2)35(26)56(51,52)45-33(38(49)53-6)25-43-37(48)30-14-11-28(12-15-30)13-17-31-18-16-29-9-7-21-46(36(29)44-31)39(50)55-40(3,4)5/h11-12,14-16,18,23-24,33,45H,7-10,13,17,19-22,25,41H2,1-6H3,(H,42,47)(H,43,48). The Morgan fingerprint density at radius 2 is 1.68 bits per heavy atom. The molecule has 1 aliphatic rings. The number of nitrogens with zero attached hydrogens (tertiary/aromatic N) is 2. The minimum Gasteiger partial charge on any atom is -0.494 e. The predicted octanol–water partition coefficient (Wildman–Crippen LogP) is 3.66. The van der Waals surface area contributed by atoms with Crippen molar-refractivity contribution in [3.63, 3.8) is 0 Å². The number of sulfonamides is 1. The quantitative estimate of drug-likeness (QED) is 0.115. The Morgan fingerprint density at radius 3 is 2.32 bits per heavy atom. The number of benzene rings is 2. The molecular weight excluding hydrogens is 741 g/mol. The number of nitrogens with two attached hydrogens (primary N) is 1. The lowest BCUT2D eigenvalue weighted by Crippen LogP contribution is -2.49. The van der Waals surface area contributed by atoms with Gasteiger partial charge in [0.15, 0.2) is 0 Å². The summed E-state index contributed by atoms with van der Waals surface area (Å²) in [4.78, 5) is 56.8. The first kappa shape index (κ1) is 43.7. The van der Waals surface area contributed by atoms with Crippen molar-refractivity contribution in [3.8, 4) is 5.75 Å². The molecule has 2 heterocycles. The number of ether oxygens (including phenoxy) is 3. The summed E-state index contributed by atoms with van der Waals surface area (Å²) in [5.41, 5.74) is 8.64. The van der Waals surface area contributed by atoms with Crippen LogP contribution in [-0.4, -0.2) is 88.8 Å². The summed E-state index contributed by atoms with van der Waals surface area (Å²) in [7, 11) is -3.13. The Morgan fingerprint density at radius 1 is 0.982 bits per heavy atom. The van der Waals surface area contributed by atoms with Crippen molar-refractivity contribution < 1.29 is 41.8 Å². The zero-order valence-electron chi connectivity index (χ0n) is 33.0.